The van der Waals surface area contributed by atoms with Crippen LogP contribution >= 0.6 is 0 Å². The fourth-order valence-electron chi connectivity index (χ4n) is 8.24. The molecule has 4 fully saturated rings. The molecule has 0 bridgehead atoms. The van der Waals surface area contributed by atoms with E-state index in [0.717, 1.165) is 44.8 Å². The van der Waals surface area contributed by atoms with Crippen LogP contribution in [0.5, 0.6) is 0 Å². The van der Waals surface area contributed by atoms with E-state index in [9.17, 15) is 18.0 Å². The molecule has 4 aliphatic carbocycles. The normalized spacial score (nSPS) is 48.0. The monoisotopic (exact) mass is 436 g/mol. The first kappa shape index (κ1) is 20.7. The van der Waals surface area contributed by atoms with Crippen LogP contribution in [0.15, 0.2) is 11.6 Å². The van der Waals surface area contributed by atoms with E-state index in [-0.39, 0.29) is 28.5 Å². The number of carbonyl (C=O) groups excluding carboxylic acids is 2. The summed E-state index contributed by atoms with van der Waals surface area (Å²) in [4.78, 5) is 24.2. The summed E-state index contributed by atoms with van der Waals surface area (Å²) in [6, 6.07) is 0. The first-order valence-electron chi connectivity index (χ1n) is 11.3. The Morgan fingerprint density at radius 1 is 1.07 bits per heavy atom. The van der Waals surface area contributed by atoms with Crippen LogP contribution in [0.1, 0.15) is 71.6 Å². The summed E-state index contributed by atoms with van der Waals surface area (Å²) in [6.07, 6.45) is 9.18. The quantitative estimate of drug-likeness (QED) is 0.486. The highest BCUT2D eigenvalue weighted by molar-refractivity contribution is 7.86. The van der Waals surface area contributed by atoms with Gasteiger partial charge in [-0.15, -0.1) is 0 Å². The Bertz CT molecular complexity index is 937. The van der Waals surface area contributed by atoms with Gasteiger partial charge in [-0.2, -0.15) is 8.42 Å². The van der Waals surface area contributed by atoms with Gasteiger partial charge in [-0.05, 0) is 74.2 Å². The van der Waals surface area contributed by atoms with Gasteiger partial charge in [-0.1, -0.05) is 19.4 Å². The number of esters is 1. The SMILES string of the molecule is CC12CCC(=O)C=C1CCC1C2[C@H](OS(C)(=O)=O)CC2(C)C1CC[C@@]21CCC(=O)O1. The third kappa shape index (κ3) is 2.80. The molecule has 1 saturated heterocycles. The first-order chi connectivity index (χ1) is 14.0. The first-order valence-corrected chi connectivity index (χ1v) is 13.1. The van der Waals surface area contributed by atoms with Gasteiger partial charge in [0.1, 0.15) is 5.60 Å². The van der Waals surface area contributed by atoms with Crippen molar-refractivity contribution in [1.29, 1.82) is 0 Å². The van der Waals surface area contributed by atoms with Crippen molar-refractivity contribution in [3.05, 3.63) is 11.6 Å². The van der Waals surface area contributed by atoms with Crippen molar-refractivity contribution in [1.82, 2.24) is 0 Å². The largest absolute Gasteiger partial charge is 0.458 e. The molecule has 1 heterocycles. The minimum absolute atomic E-state index is 0.0608. The van der Waals surface area contributed by atoms with Crippen LogP contribution in [0.3, 0.4) is 0 Å². The molecule has 0 amide bonds. The number of allylic oxidation sites excluding steroid dienone is 1. The number of hydrogen-bond acceptors (Lipinski definition) is 6. The molecule has 166 valence electrons. The molecule has 5 rings (SSSR count). The average molecular weight is 437 g/mol. The number of carbonyl (C=O) groups is 2. The Balaban J connectivity index is 1.60. The van der Waals surface area contributed by atoms with Gasteiger partial charge in [0.25, 0.3) is 10.1 Å². The Morgan fingerprint density at radius 2 is 1.83 bits per heavy atom. The van der Waals surface area contributed by atoms with Crippen molar-refractivity contribution in [2.24, 2.45) is 28.6 Å². The molecule has 5 unspecified atom stereocenters. The van der Waals surface area contributed by atoms with Crippen molar-refractivity contribution in [3.8, 4) is 0 Å². The molecule has 30 heavy (non-hydrogen) atoms. The molecular formula is C23H32O6S. The lowest BCUT2D eigenvalue weighted by atomic mass is 9.45. The average Bonchev–Trinajstić information content (AvgIpc) is 3.15. The zero-order valence-corrected chi connectivity index (χ0v) is 18.9. The van der Waals surface area contributed by atoms with Gasteiger partial charge in [0, 0.05) is 18.3 Å². The second-order valence-electron chi connectivity index (χ2n) is 10.9. The van der Waals surface area contributed by atoms with Gasteiger partial charge in [-0.25, -0.2) is 0 Å². The topological polar surface area (TPSA) is 86.7 Å². The molecule has 3 saturated carbocycles. The smallest absolute Gasteiger partial charge is 0.306 e. The lowest BCUT2D eigenvalue weighted by Gasteiger charge is -2.61. The van der Waals surface area contributed by atoms with Gasteiger partial charge >= 0.3 is 5.97 Å². The molecule has 0 radical (unpaired) electrons. The minimum Gasteiger partial charge on any atom is -0.458 e. The summed E-state index contributed by atoms with van der Waals surface area (Å²) in [6.45, 7) is 4.42. The van der Waals surface area contributed by atoms with Crippen molar-refractivity contribution in [2.45, 2.75) is 83.3 Å². The van der Waals surface area contributed by atoms with Crippen LogP contribution in [0.2, 0.25) is 0 Å². The maximum absolute atomic E-state index is 12.3. The van der Waals surface area contributed by atoms with E-state index in [1.54, 1.807) is 0 Å². The third-order valence-electron chi connectivity index (χ3n) is 9.51. The molecule has 7 atom stereocenters. The van der Waals surface area contributed by atoms with E-state index in [1.807, 2.05) is 6.08 Å². The van der Waals surface area contributed by atoms with Gasteiger partial charge < -0.3 is 4.74 Å². The van der Waals surface area contributed by atoms with E-state index < -0.39 is 21.8 Å². The fraction of sp³-hybridized carbons (Fsp3) is 0.826. The zero-order valence-electron chi connectivity index (χ0n) is 18.1. The number of ketones is 1. The summed E-state index contributed by atoms with van der Waals surface area (Å²) in [7, 11) is -3.65. The van der Waals surface area contributed by atoms with Crippen LogP contribution in [0, 0.1) is 28.6 Å². The van der Waals surface area contributed by atoms with Gasteiger partial charge in [-0.3, -0.25) is 13.8 Å². The summed E-state index contributed by atoms with van der Waals surface area (Å²) in [5.41, 5.74) is 0.192. The van der Waals surface area contributed by atoms with Gasteiger partial charge in [0.15, 0.2) is 5.78 Å². The fourth-order valence-corrected chi connectivity index (χ4v) is 8.88. The lowest BCUT2D eigenvalue weighted by molar-refractivity contribution is -0.181. The van der Waals surface area contributed by atoms with Crippen LogP contribution in [-0.4, -0.2) is 38.1 Å². The molecule has 0 aromatic heterocycles. The van der Waals surface area contributed by atoms with E-state index in [4.69, 9.17) is 8.92 Å². The van der Waals surface area contributed by atoms with Crippen LogP contribution in [-0.2, 0) is 28.6 Å². The van der Waals surface area contributed by atoms with Crippen molar-refractivity contribution >= 4 is 21.9 Å². The minimum atomic E-state index is -3.65. The van der Waals surface area contributed by atoms with E-state index >= 15 is 0 Å². The van der Waals surface area contributed by atoms with Crippen molar-refractivity contribution in [3.63, 3.8) is 0 Å². The lowest BCUT2D eigenvalue weighted by Crippen LogP contribution is -2.60. The highest BCUT2D eigenvalue weighted by atomic mass is 32.2. The molecule has 5 aliphatic rings. The molecule has 1 aliphatic heterocycles. The Hall–Kier alpha value is -1.21. The predicted octanol–water partition coefficient (Wildman–Crippen LogP) is 3.55. The highest BCUT2D eigenvalue weighted by Crippen LogP contribution is 2.70. The highest BCUT2D eigenvalue weighted by Gasteiger charge is 2.69. The Kier molecular flexibility index (Phi) is 4.42. The second kappa shape index (κ2) is 6.41. The van der Waals surface area contributed by atoms with E-state index in [1.165, 1.54) is 5.57 Å². The molecule has 1 spiro atoms. The standard InChI is InChI=1S/C23H32O6S/c1-21-9-6-15(24)12-14(21)4-5-16-17-7-10-23(11-8-19(25)28-23)22(17,2)13-18(20(16)21)29-30(3,26)27/h12,16-18,20H,4-11,13H2,1-3H3/t16?,17?,18-,20?,21?,22?,23-/m1/s1. The molecule has 0 aromatic carbocycles. The Morgan fingerprint density at radius 3 is 2.50 bits per heavy atom. The van der Waals surface area contributed by atoms with Crippen molar-refractivity contribution in [2.75, 3.05) is 6.26 Å². The predicted molar refractivity (Wildman–Crippen MR) is 110 cm³/mol. The summed E-state index contributed by atoms with van der Waals surface area (Å²) < 4.78 is 36.3. The van der Waals surface area contributed by atoms with E-state index in [0.29, 0.717) is 31.1 Å². The number of rotatable bonds is 2. The summed E-state index contributed by atoms with van der Waals surface area (Å²) >= 11 is 0. The van der Waals surface area contributed by atoms with Gasteiger partial charge in [0.05, 0.1) is 12.4 Å². The van der Waals surface area contributed by atoms with Crippen LogP contribution in [0.25, 0.3) is 0 Å². The molecule has 6 nitrogen and oxygen atoms in total. The van der Waals surface area contributed by atoms with Crippen LogP contribution < -0.4 is 0 Å². The zero-order chi connectivity index (χ0) is 21.5. The molecule has 0 aromatic rings. The number of ether oxygens (including phenoxy) is 1. The maximum Gasteiger partial charge on any atom is 0.306 e. The molecular weight excluding hydrogens is 404 g/mol. The maximum atomic E-state index is 12.3. The molecule has 0 N–H and O–H groups in total. The van der Waals surface area contributed by atoms with Crippen molar-refractivity contribution < 1.29 is 26.9 Å². The van der Waals surface area contributed by atoms with Crippen LogP contribution in [0.4, 0.5) is 0 Å². The third-order valence-corrected chi connectivity index (χ3v) is 10.1. The van der Waals surface area contributed by atoms with E-state index in [2.05, 4.69) is 13.8 Å². The summed E-state index contributed by atoms with van der Waals surface area (Å²) in [5.74, 6) is 0.796. The molecule has 7 heteroatoms. The van der Waals surface area contributed by atoms with Gasteiger partial charge in [0.2, 0.25) is 0 Å². The Labute approximate surface area is 178 Å². The second-order valence-corrected chi connectivity index (χ2v) is 12.5. The summed E-state index contributed by atoms with van der Waals surface area (Å²) in [5, 5.41) is 0. The number of hydrogen-bond donors (Lipinski definition) is 0. The number of fused-ring (bicyclic) bond motifs is 6.